The molecule has 0 atom stereocenters. The fraction of sp³-hybridized carbons (Fsp3) is 0.154. The number of hydrogen-bond acceptors (Lipinski definition) is 5. The molecule has 35 heavy (non-hydrogen) atoms. The molecule has 0 saturated carbocycles. The highest BCUT2D eigenvalue weighted by Crippen LogP contribution is 2.30. The monoisotopic (exact) mass is 511 g/mol. The molecule has 0 unspecified atom stereocenters. The number of amides is 1. The van der Waals surface area contributed by atoms with E-state index in [1.54, 1.807) is 67.6 Å². The van der Waals surface area contributed by atoms with E-state index in [-0.39, 0.29) is 4.90 Å². The number of rotatable bonds is 10. The zero-order chi connectivity index (χ0) is 25.4. The number of halogens is 1. The lowest BCUT2D eigenvalue weighted by atomic mass is 10.2. The Morgan fingerprint density at radius 2 is 1.83 bits per heavy atom. The number of nitrogens with zero attached hydrogens (tertiary/aromatic N) is 2. The van der Waals surface area contributed by atoms with E-state index in [4.69, 9.17) is 16.3 Å². The summed E-state index contributed by atoms with van der Waals surface area (Å²) in [5.41, 5.74) is 4.86. The van der Waals surface area contributed by atoms with Gasteiger partial charge < -0.3 is 4.74 Å². The molecule has 0 saturated heterocycles. The summed E-state index contributed by atoms with van der Waals surface area (Å²) >= 11 is 6.25. The van der Waals surface area contributed by atoms with Crippen LogP contribution in [0.15, 0.2) is 89.4 Å². The number of nitrogens with one attached hydrogen (secondary N) is 1. The summed E-state index contributed by atoms with van der Waals surface area (Å²) in [7, 11) is -4.06. The number of hydrazone groups is 1. The smallest absolute Gasteiger partial charge is 0.264 e. The highest BCUT2D eigenvalue weighted by molar-refractivity contribution is 7.92. The van der Waals surface area contributed by atoms with Crippen LogP contribution >= 0.6 is 11.6 Å². The SMILES string of the molecule is C=CCOc1cccc(/C=N\NC(=O)CN(c2cccc(Cl)c2C)S(=O)(=O)c2ccc(C)cc2)c1. The molecule has 0 radical (unpaired) electrons. The van der Waals surface area contributed by atoms with Gasteiger partial charge in [-0.2, -0.15) is 5.10 Å². The highest BCUT2D eigenvalue weighted by Gasteiger charge is 2.28. The summed E-state index contributed by atoms with van der Waals surface area (Å²) in [6, 6.07) is 18.5. The van der Waals surface area contributed by atoms with Gasteiger partial charge in [0, 0.05) is 5.02 Å². The molecule has 3 rings (SSSR count). The lowest BCUT2D eigenvalue weighted by Gasteiger charge is -2.25. The molecule has 0 aromatic heterocycles. The number of carbonyl (C=O) groups is 1. The second kappa shape index (κ2) is 11.7. The van der Waals surface area contributed by atoms with Gasteiger partial charge in [0.25, 0.3) is 15.9 Å². The first-order chi connectivity index (χ1) is 16.7. The molecule has 182 valence electrons. The van der Waals surface area contributed by atoms with Gasteiger partial charge in [-0.1, -0.05) is 60.2 Å². The molecule has 0 aliphatic rings. The molecule has 3 aromatic rings. The second-order valence-electron chi connectivity index (χ2n) is 7.67. The van der Waals surface area contributed by atoms with Crippen LogP contribution in [0, 0.1) is 13.8 Å². The quantitative estimate of drug-likeness (QED) is 0.239. The molecule has 0 fully saturated rings. The summed E-state index contributed by atoms with van der Waals surface area (Å²) in [5, 5.41) is 4.36. The van der Waals surface area contributed by atoms with Crippen LogP contribution < -0.4 is 14.5 Å². The van der Waals surface area contributed by atoms with Crippen molar-refractivity contribution in [2.45, 2.75) is 18.7 Å². The fourth-order valence-corrected chi connectivity index (χ4v) is 4.84. The molecular formula is C26H26ClN3O4S. The minimum atomic E-state index is -4.06. The molecule has 7 nitrogen and oxygen atoms in total. The third-order valence-corrected chi connectivity index (χ3v) is 7.22. The summed E-state index contributed by atoms with van der Waals surface area (Å²) in [6.45, 7) is 7.05. The van der Waals surface area contributed by atoms with Gasteiger partial charge in [0.15, 0.2) is 0 Å². The maximum atomic E-state index is 13.5. The summed E-state index contributed by atoms with van der Waals surface area (Å²) in [5.74, 6) is 0.0161. The summed E-state index contributed by atoms with van der Waals surface area (Å²) in [6.07, 6.45) is 3.08. The molecule has 3 aromatic carbocycles. The highest BCUT2D eigenvalue weighted by atomic mass is 35.5. The van der Waals surface area contributed by atoms with E-state index < -0.39 is 22.5 Å². The molecular weight excluding hydrogens is 486 g/mol. The van der Waals surface area contributed by atoms with Crippen molar-refractivity contribution in [2.75, 3.05) is 17.5 Å². The lowest BCUT2D eigenvalue weighted by molar-refractivity contribution is -0.119. The molecule has 0 bridgehead atoms. The first-order valence-electron chi connectivity index (χ1n) is 10.7. The van der Waals surface area contributed by atoms with E-state index in [0.29, 0.717) is 34.2 Å². The maximum absolute atomic E-state index is 13.5. The molecule has 1 amide bonds. The van der Waals surface area contributed by atoms with Crippen LogP contribution in [0.5, 0.6) is 5.75 Å². The van der Waals surface area contributed by atoms with E-state index in [9.17, 15) is 13.2 Å². The van der Waals surface area contributed by atoms with E-state index in [2.05, 4.69) is 17.1 Å². The number of anilines is 1. The Balaban J connectivity index is 1.83. The van der Waals surface area contributed by atoms with E-state index >= 15 is 0 Å². The van der Waals surface area contributed by atoms with Gasteiger partial charge in [0.05, 0.1) is 16.8 Å². The third-order valence-electron chi connectivity index (χ3n) is 5.03. The zero-order valence-electron chi connectivity index (χ0n) is 19.4. The number of ether oxygens (including phenoxy) is 1. The van der Waals surface area contributed by atoms with Gasteiger partial charge >= 0.3 is 0 Å². The second-order valence-corrected chi connectivity index (χ2v) is 9.94. The number of carbonyl (C=O) groups excluding carboxylic acids is 1. The van der Waals surface area contributed by atoms with Crippen LogP contribution in [0.3, 0.4) is 0 Å². The van der Waals surface area contributed by atoms with Gasteiger partial charge in [-0.15, -0.1) is 0 Å². The minimum absolute atomic E-state index is 0.0649. The van der Waals surface area contributed by atoms with Crippen LogP contribution in [0.25, 0.3) is 0 Å². The molecule has 9 heteroatoms. The predicted molar refractivity (Wildman–Crippen MR) is 140 cm³/mol. The van der Waals surface area contributed by atoms with Gasteiger partial charge in [-0.3, -0.25) is 9.10 Å². The predicted octanol–water partition coefficient (Wildman–Crippen LogP) is 4.87. The summed E-state index contributed by atoms with van der Waals surface area (Å²) < 4.78 is 33.5. The van der Waals surface area contributed by atoms with Crippen LogP contribution in [0.2, 0.25) is 5.02 Å². The van der Waals surface area contributed by atoms with Crippen LogP contribution in [-0.2, 0) is 14.8 Å². The third kappa shape index (κ3) is 6.71. The molecule has 0 spiro atoms. The van der Waals surface area contributed by atoms with Crippen LogP contribution in [0.1, 0.15) is 16.7 Å². The lowest BCUT2D eigenvalue weighted by Crippen LogP contribution is -2.40. The fourth-order valence-electron chi connectivity index (χ4n) is 3.19. The van der Waals surface area contributed by atoms with Crippen molar-refractivity contribution in [3.63, 3.8) is 0 Å². The Kier molecular flexibility index (Phi) is 8.68. The molecule has 1 N–H and O–H groups in total. The maximum Gasteiger partial charge on any atom is 0.264 e. The standard InChI is InChI=1S/C26H26ClN3O4S/c1-4-15-34-22-8-5-7-21(16-22)17-28-29-26(31)18-30(25-10-6-9-24(27)20(25)3)35(32,33)23-13-11-19(2)12-14-23/h4-14,16-17H,1,15,18H2,2-3H3,(H,29,31)/b28-17-. The average Bonchev–Trinajstić information content (AvgIpc) is 2.84. The molecule has 0 aliphatic heterocycles. The summed E-state index contributed by atoms with van der Waals surface area (Å²) in [4.78, 5) is 12.8. The first-order valence-corrected chi connectivity index (χ1v) is 12.5. The number of sulfonamides is 1. The van der Waals surface area contributed by atoms with E-state index in [0.717, 1.165) is 9.87 Å². The average molecular weight is 512 g/mol. The molecule has 0 heterocycles. The molecule has 0 aliphatic carbocycles. The van der Waals surface area contributed by atoms with Crippen molar-refractivity contribution < 1.29 is 17.9 Å². The van der Waals surface area contributed by atoms with Crippen LogP contribution in [0.4, 0.5) is 5.69 Å². The van der Waals surface area contributed by atoms with Crippen molar-refractivity contribution in [1.82, 2.24) is 5.43 Å². The number of aryl methyl sites for hydroxylation is 1. The van der Waals surface area contributed by atoms with Crippen molar-refractivity contribution in [3.05, 3.63) is 101 Å². The van der Waals surface area contributed by atoms with Gasteiger partial charge in [0.2, 0.25) is 0 Å². The van der Waals surface area contributed by atoms with Gasteiger partial charge in [-0.05, 0) is 61.4 Å². The zero-order valence-corrected chi connectivity index (χ0v) is 21.0. The van der Waals surface area contributed by atoms with Crippen molar-refractivity contribution in [2.24, 2.45) is 5.10 Å². The Morgan fingerprint density at radius 1 is 1.11 bits per heavy atom. The normalized spacial score (nSPS) is 11.3. The Hall–Kier alpha value is -3.62. The van der Waals surface area contributed by atoms with Gasteiger partial charge in [-0.25, -0.2) is 13.8 Å². The Labute approximate surface area is 210 Å². The Morgan fingerprint density at radius 3 is 2.54 bits per heavy atom. The topological polar surface area (TPSA) is 88.1 Å². The van der Waals surface area contributed by atoms with Crippen LogP contribution in [-0.4, -0.2) is 33.7 Å². The van der Waals surface area contributed by atoms with Gasteiger partial charge in [0.1, 0.15) is 18.9 Å². The van der Waals surface area contributed by atoms with E-state index in [1.807, 2.05) is 6.92 Å². The number of hydrogen-bond donors (Lipinski definition) is 1. The largest absolute Gasteiger partial charge is 0.490 e. The van der Waals surface area contributed by atoms with Crippen molar-refractivity contribution in [1.29, 1.82) is 0 Å². The van der Waals surface area contributed by atoms with E-state index in [1.165, 1.54) is 18.3 Å². The first kappa shape index (κ1) is 26.0. The van der Waals surface area contributed by atoms with Crippen molar-refractivity contribution in [3.8, 4) is 5.75 Å². The number of benzene rings is 3. The van der Waals surface area contributed by atoms with Crippen molar-refractivity contribution >= 4 is 39.4 Å². The Bertz CT molecular complexity index is 1340. The minimum Gasteiger partial charge on any atom is -0.490 e.